The Morgan fingerprint density at radius 3 is 2.59 bits per heavy atom. The second-order valence-electron chi connectivity index (χ2n) is 4.18. The van der Waals surface area contributed by atoms with Crippen molar-refractivity contribution in [3.63, 3.8) is 0 Å². The van der Waals surface area contributed by atoms with Gasteiger partial charge in [0.05, 0.1) is 12.2 Å². The summed E-state index contributed by atoms with van der Waals surface area (Å²) in [6.45, 7) is 0.343. The van der Waals surface area contributed by atoms with Crippen LogP contribution in [-0.4, -0.2) is 46.3 Å². The van der Waals surface area contributed by atoms with Crippen molar-refractivity contribution >= 4 is 17.5 Å². The van der Waals surface area contributed by atoms with Crippen LogP contribution in [0.15, 0.2) is 24.3 Å². The summed E-state index contributed by atoms with van der Waals surface area (Å²) in [5, 5.41) is 18.8. The summed E-state index contributed by atoms with van der Waals surface area (Å²) < 4.78 is 0. The molecule has 0 saturated carbocycles. The average molecular weight is 256 g/mol. The van der Waals surface area contributed by atoms with Crippen molar-refractivity contribution in [3.8, 4) is 0 Å². The molecule has 0 bridgehead atoms. The number of halogens is 1. The van der Waals surface area contributed by atoms with Gasteiger partial charge in [0.2, 0.25) is 0 Å². The molecule has 4 nitrogen and oxygen atoms in total. The van der Waals surface area contributed by atoms with Gasteiger partial charge in [-0.25, -0.2) is 0 Å². The summed E-state index contributed by atoms with van der Waals surface area (Å²) in [5.41, 5.74) is 1.40. The molecule has 1 aromatic carbocycles. The predicted octanol–water partition coefficient (Wildman–Crippen LogP) is 0.603. The van der Waals surface area contributed by atoms with Crippen LogP contribution in [-0.2, 0) is 5.88 Å². The molecule has 1 amide bonds. The number of β-amino-alcohol motifs (C(OH)–C–C–N with tert-alkyl or cyclic N) is 2. The number of rotatable bonds is 2. The van der Waals surface area contributed by atoms with Crippen LogP contribution in [0.4, 0.5) is 0 Å². The fourth-order valence-corrected chi connectivity index (χ4v) is 2.07. The van der Waals surface area contributed by atoms with E-state index in [1.165, 1.54) is 4.90 Å². The number of hydrogen-bond acceptors (Lipinski definition) is 3. The molecule has 1 saturated heterocycles. The van der Waals surface area contributed by atoms with E-state index in [0.717, 1.165) is 5.56 Å². The lowest BCUT2D eigenvalue weighted by Gasteiger charge is -2.15. The maximum Gasteiger partial charge on any atom is 0.254 e. The number of aliphatic hydroxyl groups excluding tert-OH is 2. The number of alkyl halides is 1. The molecule has 2 rings (SSSR count). The van der Waals surface area contributed by atoms with Crippen LogP contribution in [0.1, 0.15) is 15.9 Å². The van der Waals surface area contributed by atoms with Gasteiger partial charge in [0.25, 0.3) is 5.91 Å². The Hall–Kier alpha value is -1.10. The predicted molar refractivity (Wildman–Crippen MR) is 63.9 cm³/mol. The minimum absolute atomic E-state index is 0.172. The van der Waals surface area contributed by atoms with Gasteiger partial charge in [0, 0.05) is 24.5 Å². The second kappa shape index (κ2) is 5.04. The van der Waals surface area contributed by atoms with E-state index >= 15 is 0 Å². The fraction of sp³-hybridized carbons (Fsp3) is 0.417. The molecule has 0 aromatic heterocycles. The van der Waals surface area contributed by atoms with E-state index in [9.17, 15) is 15.0 Å². The number of nitrogens with zero attached hydrogens (tertiary/aromatic N) is 1. The standard InChI is InChI=1S/C12H14ClNO3/c13-5-8-2-1-3-9(4-8)12(17)14-6-10(15)11(16)7-14/h1-4,10-11,15-16H,5-7H2/t10-,11+. The third-order valence-electron chi connectivity index (χ3n) is 2.87. The molecule has 17 heavy (non-hydrogen) atoms. The molecule has 1 aromatic rings. The molecule has 0 radical (unpaired) electrons. The first-order valence-electron chi connectivity index (χ1n) is 5.42. The lowest BCUT2D eigenvalue weighted by molar-refractivity contribution is 0.0572. The highest BCUT2D eigenvalue weighted by Gasteiger charge is 2.32. The van der Waals surface area contributed by atoms with Gasteiger partial charge in [-0.1, -0.05) is 12.1 Å². The Bertz CT molecular complexity index is 414. The zero-order valence-electron chi connectivity index (χ0n) is 9.21. The van der Waals surface area contributed by atoms with Crippen LogP contribution in [0.5, 0.6) is 0 Å². The van der Waals surface area contributed by atoms with Gasteiger partial charge in [-0.3, -0.25) is 4.79 Å². The fourth-order valence-electron chi connectivity index (χ4n) is 1.91. The van der Waals surface area contributed by atoms with Crippen molar-refractivity contribution in [1.29, 1.82) is 0 Å². The Kier molecular flexibility index (Phi) is 3.66. The minimum atomic E-state index is -0.852. The van der Waals surface area contributed by atoms with Crippen LogP contribution in [0.3, 0.4) is 0 Å². The highest BCUT2D eigenvalue weighted by atomic mass is 35.5. The molecule has 5 heteroatoms. The molecule has 92 valence electrons. The number of benzene rings is 1. The van der Waals surface area contributed by atoms with Crippen molar-refractivity contribution in [2.45, 2.75) is 18.1 Å². The molecule has 1 aliphatic heterocycles. The lowest BCUT2D eigenvalue weighted by Crippen LogP contribution is -2.29. The number of carbonyl (C=O) groups excluding carboxylic acids is 1. The molecule has 0 aliphatic carbocycles. The van der Waals surface area contributed by atoms with Crippen LogP contribution in [0.25, 0.3) is 0 Å². The van der Waals surface area contributed by atoms with Crippen molar-refractivity contribution in [3.05, 3.63) is 35.4 Å². The maximum atomic E-state index is 12.1. The van der Waals surface area contributed by atoms with Crippen molar-refractivity contribution in [2.75, 3.05) is 13.1 Å². The third kappa shape index (κ3) is 2.60. The maximum absolute atomic E-state index is 12.1. The van der Waals surface area contributed by atoms with E-state index in [4.69, 9.17) is 11.6 Å². The van der Waals surface area contributed by atoms with Crippen LogP contribution >= 0.6 is 11.6 Å². The summed E-state index contributed by atoms with van der Waals surface area (Å²) in [6, 6.07) is 7.05. The number of carbonyl (C=O) groups is 1. The summed E-state index contributed by atoms with van der Waals surface area (Å²) in [5.74, 6) is 0.166. The molecule has 1 heterocycles. The van der Waals surface area contributed by atoms with E-state index in [2.05, 4.69) is 0 Å². The summed E-state index contributed by atoms with van der Waals surface area (Å²) in [4.78, 5) is 13.5. The number of hydrogen-bond donors (Lipinski definition) is 2. The number of aliphatic hydroxyl groups is 2. The van der Waals surface area contributed by atoms with E-state index in [1.54, 1.807) is 18.2 Å². The molecule has 1 aliphatic rings. The Morgan fingerprint density at radius 1 is 1.35 bits per heavy atom. The third-order valence-corrected chi connectivity index (χ3v) is 3.18. The smallest absolute Gasteiger partial charge is 0.254 e. The van der Waals surface area contributed by atoms with Crippen molar-refractivity contribution in [1.82, 2.24) is 4.90 Å². The highest BCUT2D eigenvalue weighted by molar-refractivity contribution is 6.17. The molecule has 2 N–H and O–H groups in total. The first kappa shape index (κ1) is 12.4. The van der Waals surface area contributed by atoms with Gasteiger partial charge < -0.3 is 15.1 Å². The molecule has 0 spiro atoms. The zero-order chi connectivity index (χ0) is 12.4. The molecule has 1 fully saturated rings. The second-order valence-corrected chi connectivity index (χ2v) is 4.45. The largest absolute Gasteiger partial charge is 0.388 e. The van der Waals surface area contributed by atoms with E-state index < -0.39 is 12.2 Å². The molecular formula is C12H14ClNO3. The van der Waals surface area contributed by atoms with Crippen molar-refractivity contribution in [2.24, 2.45) is 0 Å². The van der Waals surface area contributed by atoms with Gasteiger partial charge in [-0.15, -0.1) is 11.6 Å². The Labute approximate surface area is 104 Å². The van der Waals surface area contributed by atoms with Gasteiger partial charge in [0.15, 0.2) is 0 Å². The zero-order valence-corrected chi connectivity index (χ0v) is 9.97. The van der Waals surface area contributed by atoms with Crippen LogP contribution in [0, 0.1) is 0 Å². The topological polar surface area (TPSA) is 60.8 Å². The van der Waals surface area contributed by atoms with Crippen molar-refractivity contribution < 1.29 is 15.0 Å². The van der Waals surface area contributed by atoms with E-state index in [0.29, 0.717) is 11.4 Å². The SMILES string of the molecule is O=C(c1cccc(CCl)c1)N1C[C@@H](O)[C@@H](O)C1. The first-order valence-corrected chi connectivity index (χ1v) is 5.95. The van der Waals surface area contributed by atoms with Gasteiger partial charge >= 0.3 is 0 Å². The molecular weight excluding hydrogens is 242 g/mol. The van der Waals surface area contributed by atoms with Gasteiger partial charge in [-0.2, -0.15) is 0 Å². The summed E-state index contributed by atoms with van der Waals surface area (Å²) in [7, 11) is 0. The number of likely N-dealkylation sites (tertiary alicyclic amines) is 1. The Morgan fingerprint density at radius 2 is 2.00 bits per heavy atom. The quantitative estimate of drug-likeness (QED) is 0.761. The van der Waals surface area contributed by atoms with E-state index in [-0.39, 0.29) is 19.0 Å². The molecule has 2 atom stereocenters. The van der Waals surface area contributed by atoms with Gasteiger partial charge in [-0.05, 0) is 17.7 Å². The average Bonchev–Trinajstić information content (AvgIpc) is 2.69. The van der Waals surface area contributed by atoms with Gasteiger partial charge in [0.1, 0.15) is 0 Å². The first-order chi connectivity index (χ1) is 8.11. The summed E-state index contributed by atoms with van der Waals surface area (Å²) in [6.07, 6.45) is -1.70. The minimum Gasteiger partial charge on any atom is -0.388 e. The summed E-state index contributed by atoms with van der Waals surface area (Å²) >= 11 is 5.70. The lowest BCUT2D eigenvalue weighted by atomic mass is 10.1. The van der Waals surface area contributed by atoms with E-state index in [1.807, 2.05) is 6.07 Å². The Balaban J connectivity index is 2.14. The monoisotopic (exact) mass is 255 g/mol. The number of amides is 1. The normalized spacial score (nSPS) is 24.1. The highest BCUT2D eigenvalue weighted by Crippen LogP contribution is 2.15. The van der Waals surface area contributed by atoms with Crippen LogP contribution in [0.2, 0.25) is 0 Å². The molecule has 0 unspecified atom stereocenters. The van der Waals surface area contributed by atoms with Crippen LogP contribution < -0.4 is 0 Å².